The maximum atomic E-state index is 12.3. The molecule has 0 fully saturated rings. The third-order valence-electron chi connectivity index (χ3n) is 4.02. The molecule has 0 aliphatic rings. The van der Waals surface area contributed by atoms with Crippen LogP contribution in [0.4, 0.5) is 4.79 Å². The van der Waals surface area contributed by atoms with E-state index in [4.69, 9.17) is 5.73 Å². The Morgan fingerprint density at radius 3 is 2.38 bits per heavy atom. The molecule has 1 aromatic carbocycles. The van der Waals surface area contributed by atoms with E-state index in [2.05, 4.69) is 15.9 Å². The van der Waals surface area contributed by atoms with Crippen LogP contribution < -0.4 is 5.73 Å². The number of halogens is 1. The molecule has 3 amide bonds. The van der Waals surface area contributed by atoms with E-state index in [9.17, 15) is 24.3 Å². The Bertz CT molecular complexity index is 677. The topological polar surface area (TPSA) is 118 Å². The van der Waals surface area contributed by atoms with Crippen LogP contribution in [0.15, 0.2) is 24.3 Å². The number of carbonyl (C=O) groups excluding carboxylic acids is 3. The molecule has 26 heavy (non-hydrogen) atoms. The van der Waals surface area contributed by atoms with Crippen molar-refractivity contribution in [1.29, 1.82) is 0 Å². The second kappa shape index (κ2) is 10.7. The van der Waals surface area contributed by atoms with Crippen molar-refractivity contribution in [2.75, 3.05) is 5.33 Å². The summed E-state index contributed by atoms with van der Waals surface area (Å²) in [6.07, 6.45) is 1.48. The molecular formula is C18H23BrN2O5. The molecule has 0 saturated heterocycles. The van der Waals surface area contributed by atoms with Gasteiger partial charge in [0.2, 0.25) is 5.91 Å². The first kappa shape index (κ1) is 21.8. The molecule has 0 bridgehead atoms. The third-order valence-corrected chi connectivity index (χ3v) is 4.65. The highest BCUT2D eigenvalue weighted by molar-refractivity contribution is 9.09. The number of hydrogen-bond acceptors (Lipinski definition) is 4. The minimum Gasteiger partial charge on any atom is -0.480 e. The third kappa shape index (κ3) is 6.59. The van der Waals surface area contributed by atoms with Crippen LogP contribution in [-0.2, 0) is 20.8 Å². The van der Waals surface area contributed by atoms with Gasteiger partial charge in [-0.25, -0.2) is 14.5 Å². The van der Waals surface area contributed by atoms with Crippen molar-refractivity contribution in [1.82, 2.24) is 4.90 Å². The van der Waals surface area contributed by atoms with Gasteiger partial charge in [0.1, 0.15) is 11.8 Å². The number of aliphatic carboxylic acids is 1. The van der Waals surface area contributed by atoms with Crippen LogP contribution in [0.3, 0.4) is 0 Å². The number of amides is 3. The van der Waals surface area contributed by atoms with Gasteiger partial charge in [-0.1, -0.05) is 40.2 Å². The number of nitrogens with two attached hydrogens (primary N) is 1. The van der Waals surface area contributed by atoms with Crippen LogP contribution in [0.5, 0.6) is 0 Å². The van der Waals surface area contributed by atoms with E-state index in [1.165, 1.54) is 5.56 Å². The first-order valence-corrected chi connectivity index (χ1v) is 9.36. The Kier molecular flexibility index (Phi) is 8.98. The number of rotatable bonds is 10. The number of nitrogens with zero attached hydrogens (tertiary/aromatic N) is 1. The van der Waals surface area contributed by atoms with Gasteiger partial charge in [0.15, 0.2) is 0 Å². The molecule has 0 heterocycles. The predicted octanol–water partition coefficient (Wildman–Crippen LogP) is 2.42. The number of unbranched alkanes of at least 4 members (excludes halogenated alkanes) is 1. The second-order valence-electron chi connectivity index (χ2n) is 5.97. The van der Waals surface area contributed by atoms with Gasteiger partial charge in [0, 0.05) is 12.8 Å². The van der Waals surface area contributed by atoms with Crippen LogP contribution in [-0.4, -0.2) is 45.1 Å². The summed E-state index contributed by atoms with van der Waals surface area (Å²) in [4.78, 5) is 47.3. The van der Waals surface area contributed by atoms with Crippen molar-refractivity contribution >= 4 is 39.6 Å². The summed E-state index contributed by atoms with van der Waals surface area (Å²) in [5, 5.41) is 9.21. The normalized spacial score (nSPS) is 11.6. The van der Waals surface area contributed by atoms with E-state index in [0.29, 0.717) is 17.7 Å². The molecule has 1 rings (SSSR count). The molecule has 1 aromatic rings. The molecule has 7 nitrogen and oxygen atoms in total. The van der Waals surface area contributed by atoms with Crippen LogP contribution in [0, 0.1) is 6.92 Å². The van der Waals surface area contributed by atoms with Crippen LogP contribution in [0.25, 0.3) is 0 Å². The fraction of sp³-hybridized carbons (Fsp3) is 0.444. The molecular weight excluding hydrogens is 404 g/mol. The monoisotopic (exact) mass is 426 g/mol. The number of benzene rings is 1. The van der Waals surface area contributed by atoms with Gasteiger partial charge in [0.25, 0.3) is 0 Å². The van der Waals surface area contributed by atoms with Gasteiger partial charge in [-0.15, -0.1) is 0 Å². The van der Waals surface area contributed by atoms with Gasteiger partial charge in [-0.05, 0) is 37.3 Å². The molecule has 1 unspecified atom stereocenters. The zero-order valence-electron chi connectivity index (χ0n) is 14.6. The zero-order valence-corrected chi connectivity index (χ0v) is 16.2. The molecule has 1 atom stereocenters. The maximum absolute atomic E-state index is 12.3. The Morgan fingerprint density at radius 1 is 1.19 bits per heavy atom. The standard InChI is InChI=1S/C18H23BrN2O5/c1-12-6-2-3-7-13(12)8-4-5-9-16(23)21(18(20)26)15(17(24)25)10-14(22)11-19/h2-3,6-7,15H,4-5,8-11H2,1H3,(H2,20,26)(H,24,25). The van der Waals surface area contributed by atoms with E-state index in [1.807, 2.05) is 31.2 Å². The summed E-state index contributed by atoms with van der Waals surface area (Å²) in [7, 11) is 0. The molecule has 142 valence electrons. The summed E-state index contributed by atoms with van der Waals surface area (Å²) in [6.45, 7) is 2.01. The Hall–Kier alpha value is -2.22. The fourth-order valence-corrected chi connectivity index (χ4v) is 2.84. The van der Waals surface area contributed by atoms with E-state index in [-0.39, 0.29) is 11.8 Å². The molecule has 8 heteroatoms. The number of primary amides is 1. The SMILES string of the molecule is Cc1ccccc1CCCCC(=O)N(C(N)=O)C(CC(=O)CBr)C(=O)O. The minimum atomic E-state index is -1.58. The molecule has 0 aromatic heterocycles. The average Bonchev–Trinajstić information content (AvgIpc) is 2.58. The maximum Gasteiger partial charge on any atom is 0.327 e. The molecule has 3 N–H and O–H groups in total. The van der Waals surface area contributed by atoms with Gasteiger partial charge in [0.05, 0.1) is 5.33 Å². The van der Waals surface area contributed by atoms with Gasteiger partial charge in [-0.3, -0.25) is 9.59 Å². The lowest BCUT2D eigenvalue weighted by molar-refractivity contribution is -0.149. The van der Waals surface area contributed by atoms with Gasteiger partial charge < -0.3 is 10.8 Å². The first-order valence-electron chi connectivity index (χ1n) is 8.24. The fourth-order valence-electron chi connectivity index (χ4n) is 2.61. The summed E-state index contributed by atoms with van der Waals surface area (Å²) < 4.78 is 0. The van der Waals surface area contributed by atoms with E-state index in [1.54, 1.807) is 0 Å². The predicted molar refractivity (Wildman–Crippen MR) is 100 cm³/mol. The van der Waals surface area contributed by atoms with Crippen molar-refractivity contribution in [2.24, 2.45) is 5.73 Å². The summed E-state index contributed by atoms with van der Waals surface area (Å²) in [5.41, 5.74) is 7.53. The smallest absolute Gasteiger partial charge is 0.327 e. The van der Waals surface area contributed by atoms with Crippen LogP contribution >= 0.6 is 15.9 Å². The highest BCUT2D eigenvalue weighted by Crippen LogP contribution is 2.14. The number of Topliss-reactive ketones (excluding diaryl/α,β-unsaturated/α-hetero) is 1. The number of aryl methyl sites for hydroxylation is 2. The number of ketones is 1. The minimum absolute atomic E-state index is 0.0128. The van der Waals surface area contributed by atoms with E-state index >= 15 is 0 Å². The lowest BCUT2D eigenvalue weighted by Gasteiger charge is -2.25. The van der Waals surface area contributed by atoms with E-state index < -0.39 is 36.2 Å². The molecule has 0 radical (unpaired) electrons. The highest BCUT2D eigenvalue weighted by atomic mass is 79.9. The molecule has 0 spiro atoms. The van der Waals surface area contributed by atoms with Gasteiger partial charge >= 0.3 is 12.0 Å². The van der Waals surface area contributed by atoms with Crippen molar-refractivity contribution < 1.29 is 24.3 Å². The lowest BCUT2D eigenvalue weighted by Crippen LogP contribution is -2.51. The molecule has 0 aliphatic carbocycles. The lowest BCUT2D eigenvalue weighted by atomic mass is 10.0. The average molecular weight is 427 g/mol. The zero-order chi connectivity index (χ0) is 19.7. The molecule has 0 saturated carbocycles. The number of hydrogen-bond donors (Lipinski definition) is 2. The Labute approximate surface area is 160 Å². The second-order valence-corrected chi connectivity index (χ2v) is 6.53. The quantitative estimate of drug-likeness (QED) is 0.439. The van der Waals surface area contributed by atoms with Crippen LogP contribution in [0.1, 0.15) is 36.8 Å². The first-order chi connectivity index (χ1) is 12.3. The summed E-state index contributed by atoms with van der Waals surface area (Å²) >= 11 is 2.93. The molecule has 0 aliphatic heterocycles. The number of carboxylic acids is 1. The van der Waals surface area contributed by atoms with Crippen molar-refractivity contribution in [2.45, 2.75) is 45.1 Å². The van der Waals surface area contributed by atoms with Crippen molar-refractivity contribution in [3.63, 3.8) is 0 Å². The number of carbonyl (C=O) groups is 4. The number of carboxylic acid groups (broad SMARTS) is 1. The summed E-state index contributed by atoms with van der Waals surface area (Å²) in [5.74, 6) is -2.56. The Morgan fingerprint density at radius 2 is 1.85 bits per heavy atom. The van der Waals surface area contributed by atoms with Crippen LogP contribution in [0.2, 0.25) is 0 Å². The summed E-state index contributed by atoms with van der Waals surface area (Å²) in [6, 6.07) is 5.17. The Balaban J connectivity index is 2.67. The largest absolute Gasteiger partial charge is 0.480 e. The number of alkyl halides is 1. The van der Waals surface area contributed by atoms with Crippen molar-refractivity contribution in [3.8, 4) is 0 Å². The number of urea groups is 1. The van der Waals surface area contributed by atoms with Gasteiger partial charge in [-0.2, -0.15) is 0 Å². The number of imide groups is 1. The van der Waals surface area contributed by atoms with E-state index in [0.717, 1.165) is 12.0 Å². The highest BCUT2D eigenvalue weighted by Gasteiger charge is 2.34. The van der Waals surface area contributed by atoms with Crippen molar-refractivity contribution in [3.05, 3.63) is 35.4 Å².